The summed E-state index contributed by atoms with van der Waals surface area (Å²) in [6, 6.07) is 2.73. The fourth-order valence-electron chi connectivity index (χ4n) is 1.74. The molecule has 0 spiro atoms. The Bertz CT molecular complexity index is 287. The van der Waals surface area contributed by atoms with Gasteiger partial charge in [-0.3, -0.25) is 4.68 Å². The van der Waals surface area contributed by atoms with Crippen molar-refractivity contribution in [1.82, 2.24) is 9.78 Å². The number of hydrogen-bond acceptors (Lipinski definition) is 2. The summed E-state index contributed by atoms with van der Waals surface area (Å²) < 4.78 is 1.95. The number of nitrogens with one attached hydrogen (secondary N) is 1. The van der Waals surface area contributed by atoms with E-state index in [0.717, 1.165) is 31.5 Å². The maximum Gasteiger partial charge on any atom is 0.124 e. The summed E-state index contributed by atoms with van der Waals surface area (Å²) >= 11 is 0. The Labute approximate surface area is 92.9 Å². The fourth-order valence-corrected chi connectivity index (χ4v) is 1.74. The third kappa shape index (κ3) is 3.26. The van der Waals surface area contributed by atoms with Crippen LogP contribution in [-0.4, -0.2) is 15.8 Å². The summed E-state index contributed by atoms with van der Waals surface area (Å²) in [6.07, 6.45) is 4.54. The van der Waals surface area contributed by atoms with E-state index in [0.29, 0.717) is 6.04 Å². The van der Waals surface area contributed by atoms with Crippen LogP contribution < -0.4 is 5.32 Å². The summed E-state index contributed by atoms with van der Waals surface area (Å²) in [7, 11) is 2.00. The van der Waals surface area contributed by atoms with Crippen LogP contribution in [0.3, 0.4) is 0 Å². The highest BCUT2D eigenvalue weighted by Crippen LogP contribution is 2.14. The molecule has 0 radical (unpaired) electrons. The summed E-state index contributed by atoms with van der Waals surface area (Å²) in [4.78, 5) is 0. The maximum atomic E-state index is 4.48. The molecule has 0 aromatic carbocycles. The molecule has 3 heteroatoms. The summed E-state index contributed by atoms with van der Waals surface area (Å²) in [5.41, 5.74) is 1.19. The Balaban J connectivity index is 2.67. The van der Waals surface area contributed by atoms with Crippen LogP contribution in [0, 0.1) is 0 Å². The molecule has 0 amide bonds. The van der Waals surface area contributed by atoms with Crippen LogP contribution >= 0.6 is 0 Å². The molecule has 0 bridgehead atoms. The standard InChI is InChI=1S/C12H23N3/c1-5-8-11-9-12(15(4)14-11)13-10(6-2)7-3/h9-10,13H,5-8H2,1-4H3. The zero-order valence-corrected chi connectivity index (χ0v) is 10.4. The molecule has 15 heavy (non-hydrogen) atoms. The lowest BCUT2D eigenvalue weighted by molar-refractivity contribution is 0.651. The van der Waals surface area contributed by atoms with E-state index in [2.05, 4.69) is 37.3 Å². The topological polar surface area (TPSA) is 29.9 Å². The van der Waals surface area contributed by atoms with Gasteiger partial charge in [-0.15, -0.1) is 0 Å². The third-order valence-electron chi connectivity index (χ3n) is 2.77. The first-order valence-corrected chi connectivity index (χ1v) is 6.00. The van der Waals surface area contributed by atoms with Crippen LogP contribution in [0.15, 0.2) is 6.07 Å². The van der Waals surface area contributed by atoms with Gasteiger partial charge < -0.3 is 5.32 Å². The molecule has 0 atom stereocenters. The molecule has 1 aromatic rings. The van der Waals surface area contributed by atoms with Crippen LogP contribution in [0.25, 0.3) is 0 Å². The van der Waals surface area contributed by atoms with Crippen LogP contribution in [0.4, 0.5) is 5.82 Å². The van der Waals surface area contributed by atoms with Crippen molar-refractivity contribution in [3.8, 4) is 0 Å². The molecule has 1 N–H and O–H groups in total. The molecule has 1 aromatic heterocycles. The molecule has 0 saturated heterocycles. The minimum atomic E-state index is 0.565. The smallest absolute Gasteiger partial charge is 0.124 e. The molecule has 0 fully saturated rings. The lowest BCUT2D eigenvalue weighted by atomic mass is 10.2. The van der Waals surface area contributed by atoms with Crippen molar-refractivity contribution in [2.24, 2.45) is 7.05 Å². The van der Waals surface area contributed by atoms with Crippen LogP contribution in [-0.2, 0) is 13.5 Å². The minimum absolute atomic E-state index is 0.565. The van der Waals surface area contributed by atoms with Gasteiger partial charge in [0.05, 0.1) is 5.69 Å². The van der Waals surface area contributed by atoms with Crippen molar-refractivity contribution >= 4 is 5.82 Å². The van der Waals surface area contributed by atoms with Gasteiger partial charge in [0.1, 0.15) is 5.82 Å². The Kier molecular flexibility index (Phi) is 4.66. The van der Waals surface area contributed by atoms with E-state index < -0.39 is 0 Å². The molecule has 0 saturated carbocycles. The molecular weight excluding hydrogens is 186 g/mol. The van der Waals surface area contributed by atoms with Crippen molar-refractivity contribution in [2.45, 2.75) is 52.5 Å². The number of nitrogens with zero attached hydrogens (tertiary/aromatic N) is 2. The van der Waals surface area contributed by atoms with Gasteiger partial charge in [0.15, 0.2) is 0 Å². The maximum absolute atomic E-state index is 4.48. The highest BCUT2D eigenvalue weighted by atomic mass is 15.3. The highest BCUT2D eigenvalue weighted by Gasteiger charge is 2.08. The summed E-state index contributed by atoms with van der Waals surface area (Å²) in [6.45, 7) is 6.61. The van der Waals surface area contributed by atoms with Crippen molar-refractivity contribution in [1.29, 1.82) is 0 Å². The van der Waals surface area contributed by atoms with Crippen molar-refractivity contribution in [3.05, 3.63) is 11.8 Å². The lowest BCUT2D eigenvalue weighted by Gasteiger charge is -2.15. The van der Waals surface area contributed by atoms with E-state index in [-0.39, 0.29) is 0 Å². The Morgan fingerprint density at radius 1 is 1.33 bits per heavy atom. The first-order chi connectivity index (χ1) is 7.21. The predicted molar refractivity (Wildman–Crippen MR) is 65.2 cm³/mol. The van der Waals surface area contributed by atoms with Gasteiger partial charge in [0, 0.05) is 19.2 Å². The SMILES string of the molecule is CCCc1cc(NC(CC)CC)n(C)n1. The van der Waals surface area contributed by atoms with Gasteiger partial charge >= 0.3 is 0 Å². The van der Waals surface area contributed by atoms with E-state index in [9.17, 15) is 0 Å². The van der Waals surface area contributed by atoms with E-state index in [1.54, 1.807) is 0 Å². The van der Waals surface area contributed by atoms with Crippen LogP contribution in [0.1, 0.15) is 45.7 Å². The molecule has 0 unspecified atom stereocenters. The van der Waals surface area contributed by atoms with E-state index in [4.69, 9.17) is 0 Å². The van der Waals surface area contributed by atoms with Crippen LogP contribution in [0.2, 0.25) is 0 Å². The van der Waals surface area contributed by atoms with E-state index in [1.165, 1.54) is 5.69 Å². The summed E-state index contributed by atoms with van der Waals surface area (Å²) in [5.74, 6) is 1.15. The molecule has 0 aliphatic heterocycles. The Morgan fingerprint density at radius 3 is 2.53 bits per heavy atom. The fraction of sp³-hybridized carbons (Fsp3) is 0.750. The number of hydrogen-bond donors (Lipinski definition) is 1. The van der Waals surface area contributed by atoms with Gasteiger partial charge in [-0.2, -0.15) is 5.10 Å². The first kappa shape index (κ1) is 12.1. The monoisotopic (exact) mass is 209 g/mol. The van der Waals surface area contributed by atoms with Gasteiger partial charge in [0.2, 0.25) is 0 Å². The average molecular weight is 209 g/mol. The number of rotatable bonds is 6. The molecule has 0 aliphatic carbocycles. The number of anilines is 1. The zero-order valence-electron chi connectivity index (χ0n) is 10.4. The van der Waals surface area contributed by atoms with Crippen LogP contribution in [0.5, 0.6) is 0 Å². The van der Waals surface area contributed by atoms with Gasteiger partial charge in [-0.05, 0) is 19.3 Å². The van der Waals surface area contributed by atoms with Crippen molar-refractivity contribution in [3.63, 3.8) is 0 Å². The zero-order chi connectivity index (χ0) is 11.3. The molecule has 1 rings (SSSR count). The van der Waals surface area contributed by atoms with E-state index in [1.807, 2.05) is 11.7 Å². The highest BCUT2D eigenvalue weighted by molar-refractivity contribution is 5.38. The van der Waals surface area contributed by atoms with Gasteiger partial charge in [-0.1, -0.05) is 27.2 Å². The molecular formula is C12H23N3. The normalized spacial score (nSPS) is 11.0. The minimum Gasteiger partial charge on any atom is -0.368 e. The largest absolute Gasteiger partial charge is 0.368 e. The first-order valence-electron chi connectivity index (χ1n) is 6.00. The summed E-state index contributed by atoms with van der Waals surface area (Å²) in [5, 5.41) is 8.00. The number of aromatic nitrogens is 2. The second kappa shape index (κ2) is 5.79. The van der Waals surface area contributed by atoms with Crippen molar-refractivity contribution < 1.29 is 0 Å². The molecule has 3 nitrogen and oxygen atoms in total. The molecule has 86 valence electrons. The molecule has 0 aliphatic rings. The quantitative estimate of drug-likeness (QED) is 0.780. The van der Waals surface area contributed by atoms with Gasteiger partial charge in [0.25, 0.3) is 0 Å². The van der Waals surface area contributed by atoms with Crippen molar-refractivity contribution in [2.75, 3.05) is 5.32 Å². The van der Waals surface area contributed by atoms with Gasteiger partial charge in [-0.25, -0.2) is 0 Å². The Morgan fingerprint density at radius 2 is 2.00 bits per heavy atom. The number of aryl methyl sites for hydroxylation is 2. The lowest BCUT2D eigenvalue weighted by Crippen LogP contribution is -2.18. The average Bonchev–Trinajstić information content (AvgIpc) is 2.56. The predicted octanol–water partition coefficient (Wildman–Crippen LogP) is 2.97. The molecule has 1 heterocycles. The second-order valence-electron chi connectivity index (χ2n) is 4.05. The van der Waals surface area contributed by atoms with E-state index >= 15 is 0 Å². The Hall–Kier alpha value is -0.990. The second-order valence-corrected chi connectivity index (χ2v) is 4.05. The third-order valence-corrected chi connectivity index (χ3v) is 2.77.